The molecular weight excluding hydrogens is 307 g/mol. The SMILES string of the molecule is CC(C)(C)[Si](C)(C)Oc1cccc(-c2ccc(C=O)c(F)c2)c1. The van der Waals surface area contributed by atoms with Crippen LogP contribution in [0.2, 0.25) is 18.1 Å². The van der Waals surface area contributed by atoms with Crippen molar-refractivity contribution in [1.82, 2.24) is 0 Å². The van der Waals surface area contributed by atoms with Crippen molar-refractivity contribution in [3.05, 3.63) is 53.8 Å². The highest BCUT2D eigenvalue weighted by atomic mass is 28.4. The van der Waals surface area contributed by atoms with Gasteiger partial charge in [-0.2, -0.15) is 0 Å². The molecule has 0 saturated heterocycles. The van der Waals surface area contributed by atoms with Crippen molar-refractivity contribution in [2.45, 2.75) is 38.9 Å². The van der Waals surface area contributed by atoms with Crippen molar-refractivity contribution in [2.75, 3.05) is 0 Å². The molecule has 122 valence electrons. The Morgan fingerprint density at radius 3 is 2.26 bits per heavy atom. The summed E-state index contributed by atoms with van der Waals surface area (Å²) < 4.78 is 20.1. The predicted octanol–water partition coefficient (Wildman–Crippen LogP) is 5.69. The first-order valence-electron chi connectivity index (χ1n) is 7.68. The van der Waals surface area contributed by atoms with Crippen LogP contribution in [0.3, 0.4) is 0 Å². The van der Waals surface area contributed by atoms with Gasteiger partial charge in [-0.3, -0.25) is 4.79 Å². The summed E-state index contributed by atoms with van der Waals surface area (Å²) in [5.41, 5.74) is 1.67. The van der Waals surface area contributed by atoms with Crippen LogP contribution in [0.4, 0.5) is 4.39 Å². The predicted molar refractivity (Wildman–Crippen MR) is 95.0 cm³/mol. The summed E-state index contributed by atoms with van der Waals surface area (Å²) in [6.45, 7) is 11.0. The van der Waals surface area contributed by atoms with Crippen LogP contribution in [-0.4, -0.2) is 14.6 Å². The Labute approximate surface area is 138 Å². The number of aldehydes is 1. The molecule has 0 amide bonds. The quantitative estimate of drug-likeness (QED) is 0.532. The van der Waals surface area contributed by atoms with Crippen LogP contribution in [0.1, 0.15) is 31.1 Å². The van der Waals surface area contributed by atoms with E-state index in [0.717, 1.165) is 16.9 Å². The van der Waals surface area contributed by atoms with E-state index in [1.165, 1.54) is 12.1 Å². The minimum atomic E-state index is -1.92. The van der Waals surface area contributed by atoms with Gasteiger partial charge in [-0.1, -0.05) is 39.0 Å². The standard InChI is InChI=1S/C19H23FO2Si/c1-19(2,3)23(4,5)22-17-8-6-7-14(11-17)15-9-10-16(13-21)18(20)12-15/h6-13H,1-5H3. The van der Waals surface area contributed by atoms with Crippen LogP contribution >= 0.6 is 0 Å². The van der Waals surface area contributed by atoms with Gasteiger partial charge in [0.25, 0.3) is 0 Å². The van der Waals surface area contributed by atoms with Gasteiger partial charge in [0.05, 0.1) is 5.56 Å². The molecule has 0 bridgehead atoms. The zero-order chi connectivity index (χ0) is 17.3. The molecule has 2 nitrogen and oxygen atoms in total. The van der Waals surface area contributed by atoms with Crippen LogP contribution in [-0.2, 0) is 0 Å². The molecule has 0 heterocycles. The Morgan fingerprint density at radius 2 is 1.70 bits per heavy atom. The molecule has 2 aromatic rings. The number of halogens is 1. The monoisotopic (exact) mass is 330 g/mol. The minimum absolute atomic E-state index is 0.0717. The fraction of sp³-hybridized carbons (Fsp3) is 0.316. The second-order valence-corrected chi connectivity index (χ2v) is 12.0. The van der Waals surface area contributed by atoms with E-state index in [1.54, 1.807) is 6.07 Å². The van der Waals surface area contributed by atoms with Crippen molar-refractivity contribution >= 4 is 14.6 Å². The summed E-state index contributed by atoms with van der Waals surface area (Å²) in [6, 6.07) is 12.3. The fourth-order valence-corrected chi connectivity index (χ4v) is 3.01. The summed E-state index contributed by atoms with van der Waals surface area (Å²) in [5, 5.41) is 0.112. The lowest BCUT2D eigenvalue weighted by Crippen LogP contribution is -2.43. The Hall–Kier alpha value is -1.94. The summed E-state index contributed by atoms with van der Waals surface area (Å²) in [4.78, 5) is 10.7. The highest BCUT2D eigenvalue weighted by molar-refractivity contribution is 6.74. The van der Waals surface area contributed by atoms with Crippen LogP contribution in [0, 0.1) is 5.82 Å². The van der Waals surface area contributed by atoms with E-state index in [4.69, 9.17) is 4.43 Å². The van der Waals surface area contributed by atoms with Crippen molar-refractivity contribution < 1.29 is 13.6 Å². The van der Waals surface area contributed by atoms with Gasteiger partial charge in [-0.15, -0.1) is 0 Å². The van der Waals surface area contributed by atoms with E-state index in [0.29, 0.717) is 6.29 Å². The first-order chi connectivity index (χ1) is 10.6. The van der Waals surface area contributed by atoms with E-state index in [1.807, 2.05) is 24.3 Å². The van der Waals surface area contributed by atoms with Crippen LogP contribution < -0.4 is 4.43 Å². The molecule has 2 rings (SSSR count). The fourth-order valence-electron chi connectivity index (χ4n) is 1.99. The average Bonchev–Trinajstić information content (AvgIpc) is 2.45. The Morgan fingerprint density at radius 1 is 1.04 bits per heavy atom. The van der Waals surface area contributed by atoms with Crippen LogP contribution in [0.15, 0.2) is 42.5 Å². The first kappa shape index (κ1) is 17.4. The lowest BCUT2D eigenvalue weighted by molar-refractivity contribution is 0.112. The van der Waals surface area contributed by atoms with E-state index in [2.05, 4.69) is 33.9 Å². The minimum Gasteiger partial charge on any atom is -0.543 e. The first-order valence-corrected chi connectivity index (χ1v) is 10.6. The smallest absolute Gasteiger partial charge is 0.250 e. The molecule has 0 N–H and O–H groups in total. The maximum absolute atomic E-state index is 13.8. The molecule has 0 aliphatic carbocycles. The van der Waals surface area contributed by atoms with E-state index in [9.17, 15) is 9.18 Å². The van der Waals surface area contributed by atoms with Gasteiger partial charge in [0.15, 0.2) is 6.29 Å². The topological polar surface area (TPSA) is 26.3 Å². The van der Waals surface area contributed by atoms with Crippen molar-refractivity contribution in [2.24, 2.45) is 0 Å². The molecule has 23 heavy (non-hydrogen) atoms. The van der Waals surface area contributed by atoms with Gasteiger partial charge < -0.3 is 4.43 Å². The maximum Gasteiger partial charge on any atom is 0.250 e. The van der Waals surface area contributed by atoms with Crippen molar-refractivity contribution in [3.8, 4) is 16.9 Å². The Bertz CT molecular complexity index is 718. The Kier molecular flexibility index (Phi) is 4.75. The third-order valence-electron chi connectivity index (χ3n) is 4.47. The van der Waals surface area contributed by atoms with Gasteiger partial charge in [-0.05, 0) is 53.5 Å². The number of hydrogen-bond acceptors (Lipinski definition) is 2. The number of benzene rings is 2. The molecule has 0 aliphatic rings. The maximum atomic E-state index is 13.8. The number of carbonyl (C=O) groups is 1. The van der Waals surface area contributed by atoms with E-state index in [-0.39, 0.29) is 10.6 Å². The van der Waals surface area contributed by atoms with Crippen molar-refractivity contribution in [3.63, 3.8) is 0 Å². The molecule has 0 aromatic heterocycles. The van der Waals surface area contributed by atoms with E-state index >= 15 is 0 Å². The molecule has 4 heteroatoms. The van der Waals surface area contributed by atoms with Gasteiger partial charge in [-0.25, -0.2) is 4.39 Å². The largest absolute Gasteiger partial charge is 0.543 e. The molecule has 2 aromatic carbocycles. The summed E-state index contributed by atoms with van der Waals surface area (Å²) in [7, 11) is -1.92. The molecule has 0 radical (unpaired) electrons. The van der Waals surface area contributed by atoms with E-state index < -0.39 is 14.1 Å². The van der Waals surface area contributed by atoms with Crippen LogP contribution in [0.5, 0.6) is 5.75 Å². The van der Waals surface area contributed by atoms with Gasteiger partial charge in [0.2, 0.25) is 8.32 Å². The second kappa shape index (κ2) is 6.28. The Balaban J connectivity index is 2.34. The average molecular weight is 330 g/mol. The molecule has 0 spiro atoms. The molecule has 0 unspecified atom stereocenters. The lowest BCUT2D eigenvalue weighted by atomic mass is 10.0. The molecule has 0 saturated carbocycles. The third-order valence-corrected chi connectivity index (χ3v) is 8.83. The normalized spacial score (nSPS) is 12.1. The highest BCUT2D eigenvalue weighted by Crippen LogP contribution is 2.38. The zero-order valence-corrected chi connectivity index (χ0v) is 15.3. The zero-order valence-electron chi connectivity index (χ0n) is 14.3. The number of rotatable bonds is 4. The summed E-state index contributed by atoms with van der Waals surface area (Å²) in [5.74, 6) is 0.294. The summed E-state index contributed by atoms with van der Waals surface area (Å²) >= 11 is 0. The highest BCUT2D eigenvalue weighted by Gasteiger charge is 2.38. The van der Waals surface area contributed by atoms with Crippen LogP contribution in [0.25, 0.3) is 11.1 Å². The van der Waals surface area contributed by atoms with Gasteiger partial charge >= 0.3 is 0 Å². The number of carbonyl (C=O) groups excluding carboxylic acids is 1. The molecule has 0 aliphatic heterocycles. The molecule has 0 fully saturated rings. The lowest BCUT2D eigenvalue weighted by Gasteiger charge is -2.36. The molecular formula is C19H23FO2Si. The van der Waals surface area contributed by atoms with Crippen molar-refractivity contribution in [1.29, 1.82) is 0 Å². The second-order valence-electron chi connectivity index (χ2n) is 7.24. The summed E-state index contributed by atoms with van der Waals surface area (Å²) in [6.07, 6.45) is 0.524. The third kappa shape index (κ3) is 3.88. The number of hydrogen-bond donors (Lipinski definition) is 0. The van der Waals surface area contributed by atoms with Gasteiger partial charge in [0.1, 0.15) is 11.6 Å². The molecule has 0 atom stereocenters. The van der Waals surface area contributed by atoms with Gasteiger partial charge in [0, 0.05) is 0 Å².